The van der Waals surface area contributed by atoms with Crippen LogP contribution in [-0.2, 0) is 19.5 Å². The Balaban J connectivity index is 1.70. The lowest BCUT2D eigenvalue weighted by Crippen LogP contribution is -2.39. The summed E-state index contributed by atoms with van der Waals surface area (Å²) in [5.41, 5.74) is -0.321. The highest BCUT2D eigenvalue weighted by atomic mass is 35.5. The Bertz CT molecular complexity index is 1990. The summed E-state index contributed by atoms with van der Waals surface area (Å²) in [5.74, 6) is 0.420. The van der Waals surface area contributed by atoms with E-state index in [2.05, 4.69) is 10.4 Å². The molecule has 2 heterocycles. The molecule has 0 bridgehead atoms. The summed E-state index contributed by atoms with van der Waals surface area (Å²) in [6.07, 6.45) is 2.61. The third-order valence-corrected chi connectivity index (χ3v) is 9.18. The zero-order chi connectivity index (χ0) is 37.6. The smallest absolute Gasteiger partial charge is 0.416 e. The number of rotatable bonds is 13. The number of sulfonamides is 1. The molecule has 0 aliphatic rings. The fourth-order valence-electron chi connectivity index (χ4n) is 4.94. The van der Waals surface area contributed by atoms with Crippen LogP contribution >= 0.6 is 11.6 Å². The molecule has 51 heavy (non-hydrogen) atoms. The number of carbonyl (C=O) groups is 2. The van der Waals surface area contributed by atoms with Crippen LogP contribution in [0.1, 0.15) is 54.4 Å². The van der Waals surface area contributed by atoms with Crippen LogP contribution in [-0.4, -0.2) is 76.8 Å². The number of amides is 2. The third-order valence-electron chi connectivity index (χ3n) is 7.04. The maximum absolute atomic E-state index is 13.9. The average Bonchev–Trinajstić information content (AvgIpc) is 3.46. The number of nitro groups is 1. The Morgan fingerprint density at radius 1 is 0.980 bits per heavy atom. The van der Waals surface area contributed by atoms with Crippen LogP contribution in [0.3, 0.4) is 0 Å². The lowest BCUT2D eigenvalue weighted by Gasteiger charge is -2.27. The second-order valence-corrected chi connectivity index (χ2v) is 15.6. The predicted octanol–water partition coefficient (Wildman–Crippen LogP) is 6.79. The van der Waals surface area contributed by atoms with Gasteiger partial charge in [0, 0.05) is 43.3 Å². The lowest BCUT2D eigenvalue weighted by molar-refractivity contribution is -0.387. The molecule has 0 radical (unpaired) electrons. The van der Waals surface area contributed by atoms with E-state index in [-0.39, 0.29) is 43.4 Å². The number of halogens is 1. The van der Waals surface area contributed by atoms with Crippen LogP contribution in [0, 0.1) is 10.1 Å². The van der Waals surface area contributed by atoms with Crippen LogP contribution in [0.2, 0.25) is 0 Å². The van der Waals surface area contributed by atoms with Crippen molar-refractivity contribution in [1.29, 1.82) is 0 Å². The number of hydrogen-bond donors (Lipinski definition) is 1. The van der Waals surface area contributed by atoms with Crippen molar-refractivity contribution in [3.05, 3.63) is 77.1 Å². The molecule has 0 fully saturated rings. The van der Waals surface area contributed by atoms with Gasteiger partial charge in [0.1, 0.15) is 17.0 Å². The first-order chi connectivity index (χ1) is 23.9. The van der Waals surface area contributed by atoms with E-state index in [1.807, 2.05) is 0 Å². The maximum atomic E-state index is 13.9. The van der Waals surface area contributed by atoms with E-state index in [4.69, 9.17) is 26.1 Å². The minimum atomic E-state index is -4.39. The van der Waals surface area contributed by atoms with Gasteiger partial charge < -0.3 is 14.8 Å². The fraction of sp³-hybridized carbons (Fsp3) is 0.412. The summed E-state index contributed by atoms with van der Waals surface area (Å²) < 4.78 is 41.4. The molecule has 2 amide bonds. The van der Waals surface area contributed by atoms with Gasteiger partial charge in [-0.1, -0.05) is 24.3 Å². The predicted molar refractivity (Wildman–Crippen MR) is 194 cm³/mol. The molecule has 0 aliphatic carbocycles. The highest BCUT2D eigenvalue weighted by Gasteiger charge is 2.32. The number of hydrogen-bond acceptors (Lipinski definition) is 10. The third kappa shape index (κ3) is 10.1. The van der Waals surface area contributed by atoms with Crippen LogP contribution < -0.4 is 14.5 Å². The standard InChI is InChI=1S/C34H42ClN7O8S/c1-33(2,3)49-31(43)36-18-11-19-39(32(44)50-34(4,5)6)29-16-21-40-30(38-29)26(23-37-40)24-12-9-13-25(22-24)41(20-10-17-35)51(47,48)28-15-8-7-14-27(28)42(45)46/h7-9,12-16,21-23H,10-11,17-20H2,1-6H3,(H,36,43). The maximum Gasteiger partial charge on any atom is 0.416 e. The molecule has 0 saturated carbocycles. The van der Waals surface area contributed by atoms with Gasteiger partial charge in [0.25, 0.3) is 15.7 Å². The first-order valence-electron chi connectivity index (χ1n) is 16.2. The number of aromatic nitrogens is 3. The molecule has 0 spiro atoms. The number of benzene rings is 2. The molecule has 17 heteroatoms. The summed E-state index contributed by atoms with van der Waals surface area (Å²) in [7, 11) is -4.39. The summed E-state index contributed by atoms with van der Waals surface area (Å²) >= 11 is 5.95. The van der Waals surface area contributed by atoms with Crippen molar-refractivity contribution in [2.45, 2.75) is 70.5 Å². The quantitative estimate of drug-likeness (QED) is 0.0664. The lowest BCUT2D eigenvalue weighted by atomic mass is 10.1. The van der Waals surface area contributed by atoms with Gasteiger partial charge in [-0.2, -0.15) is 5.10 Å². The van der Waals surface area contributed by atoms with E-state index in [0.717, 1.165) is 10.4 Å². The first-order valence-corrected chi connectivity index (χ1v) is 18.1. The fourth-order valence-corrected chi connectivity index (χ4v) is 6.71. The second kappa shape index (κ2) is 15.9. The molecule has 4 rings (SSSR count). The first kappa shape index (κ1) is 38.8. The zero-order valence-electron chi connectivity index (χ0n) is 29.3. The minimum absolute atomic E-state index is 0.0356. The Morgan fingerprint density at radius 3 is 2.35 bits per heavy atom. The van der Waals surface area contributed by atoms with Gasteiger partial charge in [-0.3, -0.25) is 19.3 Å². The Hall–Kier alpha value is -4.96. The monoisotopic (exact) mass is 743 g/mol. The number of alkyl carbamates (subject to hydrolysis) is 1. The zero-order valence-corrected chi connectivity index (χ0v) is 30.9. The Kier molecular flexibility index (Phi) is 12.1. The van der Waals surface area contributed by atoms with Crippen LogP contribution in [0.4, 0.5) is 26.8 Å². The van der Waals surface area contributed by atoms with Gasteiger partial charge >= 0.3 is 12.2 Å². The van der Waals surface area contributed by atoms with E-state index >= 15 is 0 Å². The second-order valence-electron chi connectivity index (χ2n) is 13.4. The molecular weight excluding hydrogens is 702 g/mol. The number of para-hydroxylation sites is 1. The number of nitro benzene ring substituents is 1. The molecule has 1 N–H and O–H groups in total. The van der Waals surface area contributed by atoms with Crippen LogP contribution in [0.25, 0.3) is 16.8 Å². The van der Waals surface area contributed by atoms with Crippen LogP contribution in [0.5, 0.6) is 0 Å². The molecule has 0 unspecified atom stereocenters. The number of nitrogens with zero attached hydrogens (tertiary/aromatic N) is 6. The van der Waals surface area contributed by atoms with Gasteiger partial charge in [0.2, 0.25) is 0 Å². The molecule has 0 aliphatic heterocycles. The van der Waals surface area contributed by atoms with Crippen molar-refractivity contribution in [3.8, 4) is 11.1 Å². The number of ether oxygens (including phenoxy) is 2. The van der Waals surface area contributed by atoms with E-state index in [1.165, 1.54) is 27.6 Å². The average molecular weight is 744 g/mol. The molecule has 0 atom stereocenters. The highest BCUT2D eigenvalue weighted by Crippen LogP contribution is 2.33. The molecule has 0 saturated heterocycles. The van der Waals surface area contributed by atoms with Crippen molar-refractivity contribution in [2.24, 2.45) is 0 Å². The van der Waals surface area contributed by atoms with Gasteiger partial charge in [-0.15, -0.1) is 11.6 Å². The van der Waals surface area contributed by atoms with E-state index in [1.54, 1.807) is 84.3 Å². The van der Waals surface area contributed by atoms with Gasteiger partial charge in [0.05, 0.1) is 16.8 Å². The molecule has 2 aromatic heterocycles. The number of carbonyl (C=O) groups excluding carboxylic acids is 2. The van der Waals surface area contributed by atoms with Crippen LogP contribution in [0.15, 0.2) is 71.9 Å². The summed E-state index contributed by atoms with van der Waals surface area (Å²) in [6.45, 7) is 10.9. The minimum Gasteiger partial charge on any atom is -0.444 e. The summed E-state index contributed by atoms with van der Waals surface area (Å²) in [6, 6.07) is 13.4. The molecular formula is C34H42ClN7O8S. The molecule has 274 valence electrons. The number of anilines is 2. The molecule has 2 aromatic carbocycles. The van der Waals surface area contributed by atoms with Gasteiger partial charge in [-0.25, -0.2) is 27.5 Å². The SMILES string of the molecule is CC(C)(C)OC(=O)NCCCN(C(=O)OC(C)(C)C)c1ccn2ncc(-c3cccc(N(CCCCl)S(=O)(=O)c4ccccc4[N+](=O)[O-])c3)c2n1. The molecule has 4 aromatic rings. The topological polar surface area (TPSA) is 179 Å². The normalized spacial score (nSPS) is 12.0. The number of alkyl halides is 1. The van der Waals surface area contributed by atoms with Gasteiger partial charge in [0.15, 0.2) is 10.5 Å². The number of fused-ring (bicyclic) bond motifs is 1. The van der Waals surface area contributed by atoms with E-state index in [9.17, 15) is 28.1 Å². The van der Waals surface area contributed by atoms with Crippen molar-refractivity contribution < 1.29 is 32.4 Å². The van der Waals surface area contributed by atoms with E-state index < -0.39 is 48.9 Å². The van der Waals surface area contributed by atoms with Crippen molar-refractivity contribution in [1.82, 2.24) is 19.9 Å². The van der Waals surface area contributed by atoms with Crippen molar-refractivity contribution in [3.63, 3.8) is 0 Å². The van der Waals surface area contributed by atoms with E-state index in [0.29, 0.717) is 23.2 Å². The number of nitrogens with one attached hydrogen (secondary N) is 1. The highest BCUT2D eigenvalue weighted by molar-refractivity contribution is 7.93. The van der Waals surface area contributed by atoms with Crippen molar-refractivity contribution in [2.75, 3.05) is 34.7 Å². The van der Waals surface area contributed by atoms with Gasteiger partial charge in [-0.05, 0) is 84.2 Å². The summed E-state index contributed by atoms with van der Waals surface area (Å²) in [4.78, 5) is 42.2. The Labute approximate surface area is 301 Å². The largest absolute Gasteiger partial charge is 0.444 e. The molecule has 15 nitrogen and oxygen atoms in total. The van der Waals surface area contributed by atoms with Crippen molar-refractivity contribution >= 4 is 56.7 Å². The Morgan fingerprint density at radius 2 is 1.69 bits per heavy atom. The summed E-state index contributed by atoms with van der Waals surface area (Å²) in [5, 5.41) is 18.8.